The molecule has 3 N–H and O–H groups in total. The number of nitrogens with zero attached hydrogens (tertiary/aromatic N) is 1. The fourth-order valence-electron chi connectivity index (χ4n) is 5.58. The van der Waals surface area contributed by atoms with E-state index in [2.05, 4.69) is 30.1 Å². The predicted molar refractivity (Wildman–Crippen MR) is 121 cm³/mol. The van der Waals surface area contributed by atoms with Gasteiger partial charge in [0.05, 0.1) is 0 Å². The van der Waals surface area contributed by atoms with Crippen LogP contribution < -0.4 is 11.1 Å². The van der Waals surface area contributed by atoms with Crippen LogP contribution in [0.1, 0.15) is 93.5 Å². The monoisotopic (exact) mass is 399 g/mol. The predicted octanol–water partition coefficient (Wildman–Crippen LogP) is 4.69. The molecule has 3 rings (SSSR count). The van der Waals surface area contributed by atoms with E-state index in [9.17, 15) is 4.79 Å². The lowest BCUT2D eigenvalue weighted by Gasteiger charge is -2.39. The van der Waals surface area contributed by atoms with E-state index < -0.39 is 0 Å². The molecule has 0 aromatic heterocycles. The van der Waals surface area contributed by atoms with Crippen LogP contribution in [0.5, 0.6) is 0 Å². The van der Waals surface area contributed by atoms with Gasteiger partial charge in [0.1, 0.15) is 0 Å². The topological polar surface area (TPSA) is 58.4 Å². The third-order valence-corrected chi connectivity index (χ3v) is 7.41. The maximum atomic E-state index is 11.8. The lowest BCUT2D eigenvalue weighted by Crippen LogP contribution is -2.43. The summed E-state index contributed by atoms with van der Waals surface area (Å²) in [6.45, 7) is 8.17. The van der Waals surface area contributed by atoms with E-state index in [1.54, 1.807) is 0 Å². The summed E-state index contributed by atoms with van der Waals surface area (Å²) in [5.74, 6) is 1.04. The van der Waals surface area contributed by atoms with E-state index in [1.165, 1.54) is 76.4 Å². The second kappa shape index (κ2) is 11.1. The summed E-state index contributed by atoms with van der Waals surface area (Å²) in [7, 11) is 0. The fourth-order valence-corrected chi connectivity index (χ4v) is 5.58. The Bertz CT molecular complexity index is 629. The average Bonchev–Trinajstić information content (AvgIpc) is 2.97. The van der Waals surface area contributed by atoms with Crippen molar-refractivity contribution in [2.24, 2.45) is 11.7 Å². The second-order valence-electron chi connectivity index (χ2n) is 9.19. The summed E-state index contributed by atoms with van der Waals surface area (Å²) < 4.78 is 0. The van der Waals surface area contributed by atoms with E-state index in [0.717, 1.165) is 18.0 Å². The van der Waals surface area contributed by atoms with Crippen molar-refractivity contribution in [1.82, 2.24) is 10.2 Å². The van der Waals surface area contributed by atoms with Gasteiger partial charge in [0.25, 0.3) is 0 Å². The molecule has 2 aliphatic rings. The van der Waals surface area contributed by atoms with Gasteiger partial charge in [0.2, 0.25) is 5.91 Å². The van der Waals surface area contributed by atoms with Gasteiger partial charge in [-0.05, 0) is 81.6 Å². The smallest absolute Gasteiger partial charge is 0.248 e. The summed E-state index contributed by atoms with van der Waals surface area (Å²) in [6, 6.07) is 9.36. The van der Waals surface area contributed by atoms with Crippen LogP contribution in [0.2, 0.25) is 0 Å². The first-order valence-corrected chi connectivity index (χ1v) is 12.0. The van der Waals surface area contributed by atoms with Crippen molar-refractivity contribution in [1.29, 1.82) is 0 Å². The molecule has 29 heavy (non-hydrogen) atoms. The van der Waals surface area contributed by atoms with Crippen molar-refractivity contribution < 1.29 is 4.79 Å². The molecule has 4 heteroatoms. The number of amides is 1. The summed E-state index contributed by atoms with van der Waals surface area (Å²) in [5, 5.41) is 3.64. The van der Waals surface area contributed by atoms with Crippen molar-refractivity contribution in [3.8, 4) is 0 Å². The van der Waals surface area contributed by atoms with Crippen LogP contribution in [-0.4, -0.2) is 42.5 Å². The van der Waals surface area contributed by atoms with Crippen LogP contribution in [0.15, 0.2) is 24.3 Å². The lowest BCUT2D eigenvalue weighted by atomic mass is 9.82. The van der Waals surface area contributed by atoms with Crippen LogP contribution in [0.4, 0.5) is 0 Å². The largest absolute Gasteiger partial charge is 0.366 e. The molecule has 2 unspecified atom stereocenters. The highest BCUT2D eigenvalue weighted by molar-refractivity contribution is 5.94. The SMILES string of the molecule is CCC(CC)CNCCCCCN1C2CCC1CC(c1ccccc1C(N)=O)C2. The molecule has 0 spiro atoms. The Labute approximate surface area is 177 Å². The molecule has 2 saturated heterocycles. The van der Waals surface area contributed by atoms with Crippen molar-refractivity contribution in [3.05, 3.63) is 35.4 Å². The Morgan fingerprint density at radius 3 is 2.45 bits per heavy atom. The Kier molecular flexibility index (Phi) is 8.55. The van der Waals surface area contributed by atoms with Crippen LogP contribution in [-0.2, 0) is 0 Å². The maximum Gasteiger partial charge on any atom is 0.248 e. The number of nitrogens with one attached hydrogen (secondary N) is 1. The van der Waals surface area contributed by atoms with Gasteiger partial charge in [0, 0.05) is 17.6 Å². The zero-order chi connectivity index (χ0) is 20.6. The molecule has 4 nitrogen and oxygen atoms in total. The average molecular weight is 400 g/mol. The molecule has 1 amide bonds. The van der Waals surface area contributed by atoms with Gasteiger partial charge in [0.15, 0.2) is 0 Å². The first-order chi connectivity index (χ1) is 14.1. The molecule has 0 aliphatic carbocycles. The Morgan fingerprint density at radius 2 is 1.79 bits per heavy atom. The van der Waals surface area contributed by atoms with Gasteiger partial charge in [-0.25, -0.2) is 0 Å². The molecule has 2 aliphatic heterocycles. The van der Waals surface area contributed by atoms with E-state index in [-0.39, 0.29) is 5.91 Å². The Hall–Kier alpha value is -1.39. The summed E-state index contributed by atoms with van der Waals surface area (Å²) in [6.07, 6.45) is 11.5. The van der Waals surface area contributed by atoms with Crippen molar-refractivity contribution in [2.45, 2.75) is 89.6 Å². The molecule has 2 fully saturated rings. The third kappa shape index (κ3) is 5.82. The molecule has 0 saturated carbocycles. The van der Waals surface area contributed by atoms with Gasteiger partial charge >= 0.3 is 0 Å². The lowest BCUT2D eigenvalue weighted by molar-refractivity contribution is 0.0993. The Morgan fingerprint density at radius 1 is 1.10 bits per heavy atom. The van der Waals surface area contributed by atoms with Gasteiger partial charge in [-0.3, -0.25) is 9.69 Å². The molecular weight excluding hydrogens is 358 g/mol. The van der Waals surface area contributed by atoms with Gasteiger partial charge in [-0.1, -0.05) is 51.3 Å². The highest BCUT2D eigenvalue weighted by atomic mass is 16.1. The molecule has 2 atom stereocenters. The number of hydrogen-bond acceptors (Lipinski definition) is 3. The molecule has 1 aromatic rings. The van der Waals surface area contributed by atoms with E-state index in [4.69, 9.17) is 5.73 Å². The number of benzene rings is 1. The summed E-state index contributed by atoms with van der Waals surface area (Å²) >= 11 is 0. The van der Waals surface area contributed by atoms with Crippen molar-refractivity contribution >= 4 is 5.91 Å². The zero-order valence-electron chi connectivity index (χ0n) is 18.5. The van der Waals surface area contributed by atoms with Crippen LogP contribution >= 0.6 is 0 Å². The number of piperidine rings is 1. The first kappa shape index (κ1) is 22.3. The minimum Gasteiger partial charge on any atom is -0.366 e. The van der Waals surface area contributed by atoms with Crippen LogP contribution in [0.3, 0.4) is 0 Å². The second-order valence-corrected chi connectivity index (χ2v) is 9.19. The van der Waals surface area contributed by atoms with E-state index in [1.807, 2.05) is 18.2 Å². The van der Waals surface area contributed by atoms with Gasteiger partial charge in [-0.2, -0.15) is 0 Å². The molecule has 0 radical (unpaired) electrons. The maximum absolute atomic E-state index is 11.8. The number of hydrogen-bond donors (Lipinski definition) is 2. The standard InChI is InChI=1S/C25H41N3O/c1-3-19(4-2)18-27-14-8-5-9-15-28-21-12-13-22(28)17-20(16-21)23-10-6-7-11-24(23)25(26)29/h6-7,10-11,19-22,27H,3-5,8-9,12-18H2,1-2H3,(H2,26,29). The van der Waals surface area contributed by atoms with Gasteiger partial charge in [-0.15, -0.1) is 0 Å². The third-order valence-electron chi connectivity index (χ3n) is 7.41. The molecule has 2 heterocycles. The zero-order valence-corrected chi connectivity index (χ0v) is 18.5. The van der Waals surface area contributed by atoms with Crippen LogP contribution in [0.25, 0.3) is 0 Å². The van der Waals surface area contributed by atoms with Crippen molar-refractivity contribution in [2.75, 3.05) is 19.6 Å². The fraction of sp³-hybridized carbons (Fsp3) is 0.720. The Balaban J connectivity index is 1.41. The number of rotatable bonds is 12. The van der Waals surface area contributed by atoms with E-state index in [0.29, 0.717) is 18.0 Å². The molecule has 1 aromatic carbocycles. The summed E-state index contributed by atoms with van der Waals surface area (Å²) in [4.78, 5) is 14.6. The van der Waals surface area contributed by atoms with Gasteiger partial charge < -0.3 is 11.1 Å². The molecule has 162 valence electrons. The van der Waals surface area contributed by atoms with Crippen molar-refractivity contribution in [3.63, 3.8) is 0 Å². The minimum atomic E-state index is -0.284. The van der Waals surface area contributed by atoms with E-state index >= 15 is 0 Å². The highest BCUT2D eigenvalue weighted by Gasteiger charge is 2.41. The number of unbranched alkanes of at least 4 members (excludes halogenated alkanes) is 2. The summed E-state index contributed by atoms with van der Waals surface area (Å²) in [5.41, 5.74) is 7.54. The van der Waals surface area contributed by atoms with Crippen LogP contribution in [0, 0.1) is 5.92 Å². The number of fused-ring (bicyclic) bond motifs is 2. The minimum absolute atomic E-state index is 0.284. The first-order valence-electron chi connectivity index (χ1n) is 12.0. The highest BCUT2D eigenvalue weighted by Crippen LogP contribution is 2.43. The molecular formula is C25H41N3O. The number of nitrogens with two attached hydrogens (primary N) is 1. The number of carbonyl (C=O) groups excluding carboxylic acids is 1. The molecule has 2 bridgehead atoms. The quantitative estimate of drug-likeness (QED) is 0.501. The number of primary amides is 1. The normalized spacial score (nSPS) is 24.3. The number of carbonyl (C=O) groups is 1.